The van der Waals surface area contributed by atoms with Gasteiger partial charge in [0.25, 0.3) is 5.78 Å². The van der Waals surface area contributed by atoms with Gasteiger partial charge in [-0.05, 0) is 66.9 Å². The second-order valence-electron chi connectivity index (χ2n) is 9.80. The van der Waals surface area contributed by atoms with Crippen molar-refractivity contribution in [2.45, 2.75) is 26.5 Å². The molecular formula is C33H28N2O7S. The number of aromatic nitrogens is 1. The first-order valence-electron chi connectivity index (χ1n) is 13.3. The molecule has 1 unspecified atom stereocenters. The lowest BCUT2D eigenvalue weighted by atomic mass is 9.95. The Morgan fingerprint density at radius 3 is 2.51 bits per heavy atom. The lowest BCUT2D eigenvalue weighted by molar-refractivity contribution is -0.132. The van der Waals surface area contributed by atoms with Crippen molar-refractivity contribution in [3.63, 3.8) is 0 Å². The number of rotatable bonds is 9. The quantitative estimate of drug-likeness (QED) is 0.0791. The molecule has 0 saturated carbocycles. The van der Waals surface area contributed by atoms with Gasteiger partial charge in [-0.25, -0.2) is 9.78 Å². The number of carbonyl (C=O) groups excluding carboxylic acids is 3. The van der Waals surface area contributed by atoms with Gasteiger partial charge in [-0.3, -0.25) is 14.5 Å². The maximum Gasteiger partial charge on any atom is 0.350 e. The molecule has 2 heterocycles. The maximum atomic E-state index is 13.5. The minimum atomic E-state index is -1.13. The van der Waals surface area contributed by atoms with Gasteiger partial charge in [-0.2, -0.15) is 0 Å². The predicted octanol–water partition coefficient (Wildman–Crippen LogP) is 6.01. The lowest BCUT2D eigenvalue weighted by Gasteiger charge is -2.23. The summed E-state index contributed by atoms with van der Waals surface area (Å²) >= 11 is 0.889. The Morgan fingerprint density at radius 2 is 1.81 bits per heavy atom. The second-order valence-corrected chi connectivity index (χ2v) is 10.8. The third-order valence-corrected chi connectivity index (χ3v) is 8.06. The molecule has 1 atom stereocenters. The van der Waals surface area contributed by atoms with Gasteiger partial charge in [0.2, 0.25) is 0 Å². The first-order valence-corrected chi connectivity index (χ1v) is 14.1. The standard InChI is InChI=1S/C33H28N2O7S/c1-4-16-41-32(40)30-20(3)34-33(43-30)35-27(22-10-7-11-24(36)17-22)26(29(38)31(35)39)28(37)21-12-14-25(15-13-21)42-18-23-9-6-5-8-19(23)2/h4-15,17,27,36-37H,1,16,18H2,2-3H3/b28-26+. The van der Waals surface area contributed by atoms with E-state index in [1.165, 1.54) is 18.2 Å². The number of nitrogens with zero attached hydrogens (tertiary/aromatic N) is 2. The molecule has 43 heavy (non-hydrogen) atoms. The van der Waals surface area contributed by atoms with Crippen molar-refractivity contribution in [1.29, 1.82) is 0 Å². The highest BCUT2D eigenvalue weighted by Crippen LogP contribution is 2.44. The highest BCUT2D eigenvalue weighted by atomic mass is 32.1. The first-order chi connectivity index (χ1) is 20.7. The average Bonchev–Trinajstić information content (AvgIpc) is 3.51. The monoisotopic (exact) mass is 596 g/mol. The van der Waals surface area contributed by atoms with E-state index < -0.39 is 29.5 Å². The normalized spacial score (nSPS) is 15.9. The predicted molar refractivity (Wildman–Crippen MR) is 162 cm³/mol. The number of phenols is 1. The number of Topliss-reactive ketones (excluding diaryl/α,β-unsaturated/α-hetero) is 1. The fraction of sp³-hybridized carbons (Fsp3) is 0.152. The molecule has 2 N–H and O–H groups in total. The van der Waals surface area contributed by atoms with Crippen LogP contribution in [0.15, 0.2) is 91.0 Å². The van der Waals surface area contributed by atoms with Crippen LogP contribution in [0.2, 0.25) is 0 Å². The Bertz CT molecular complexity index is 1760. The number of carbonyl (C=O) groups is 3. The Balaban J connectivity index is 1.52. The highest BCUT2D eigenvalue weighted by Gasteiger charge is 2.48. The van der Waals surface area contributed by atoms with Gasteiger partial charge >= 0.3 is 11.9 Å². The summed E-state index contributed by atoms with van der Waals surface area (Å²) in [5.41, 5.74) is 2.91. The number of anilines is 1. The largest absolute Gasteiger partial charge is 0.508 e. The minimum Gasteiger partial charge on any atom is -0.508 e. The fourth-order valence-corrected chi connectivity index (χ4v) is 5.70. The third kappa shape index (κ3) is 5.91. The molecule has 3 aromatic carbocycles. The van der Waals surface area contributed by atoms with Crippen LogP contribution in [0.3, 0.4) is 0 Å². The van der Waals surface area contributed by atoms with E-state index in [2.05, 4.69) is 11.6 Å². The lowest BCUT2D eigenvalue weighted by Crippen LogP contribution is -2.29. The zero-order valence-corrected chi connectivity index (χ0v) is 24.3. The zero-order valence-electron chi connectivity index (χ0n) is 23.4. The van der Waals surface area contributed by atoms with Crippen molar-refractivity contribution < 1.29 is 34.1 Å². The summed E-state index contributed by atoms with van der Waals surface area (Å²) in [5, 5.41) is 21.7. The summed E-state index contributed by atoms with van der Waals surface area (Å²) in [6.45, 7) is 7.47. The minimum absolute atomic E-state index is 0.00492. The molecule has 1 aliphatic rings. The van der Waals surface area contributed by atoms with E-state index in [1.807, 2.05) is 31.2 Å². The van der Waals surface area contributed by atoms with Crippen LogP contribution in [0, 0.1) is 13.8 Å². The van der Waals surface area contributed by atoms with Crippen molar-refractivity contribution in [2.24, 2.45) is 0 Å². The summed E-state index contributed by atoms with van der Waals surface area (Å²) in [6, 6.07) is 19.3. The molecule has 0 spiro atoms. The number of thiazole rings is 1. The van der Waals surface area contributed by atoms with E-state index in [0.717, 1.165) is 27.4 Å². The van der Waals surface area contributed by atoms with E-state index in [9.17, 15) is 24.6 Å². The molecular weight excluding hydrogens is 568 g/mol. The Hall–Kier alpha value is -5.22. The summed E-state index contributed by atoms with van der Waals surface area (Å²) in [7, 11) is 0. The van der Waals surface area contributed by atoms with Crippen molar-refractivity contribution in [3.8, 4) is 11.5 Å². The molecule has 5 rings (SSSR count). The van der Waals surface area contributed by atoms with Gasteiger partial charge in [-0.1, -0.05) is 60.4 Å². The molecule has 4 aromatic rings. The molecule has 1 amide bonds. The van der Waals surface area contributed by atoms with Crippen molar-refractivity contribution in [2.75, 3.05) is 11.5 Å². The topological polar surface area (TPSA) is 126 Å². The number of phenolic OH excluding ortho intramolecular Hbond substituents is 1. The number of aryl methyl sites for hydroxylation is 2. The van der Waals surface area contributed by atoms with E-state index in [4.69, 9.17) is 9.47 Å². The van der Waals surface area contributed by atoms with Crippen LogP contribution < -0.4 is 9.64 Å². The summed E-state index contributed by atoms with van der Waals surface area (Å²) < 4.78 is 11.0. The number of hydrogen-bond donors (Lipinski definition) is 2. The van der Waals surface area contributed by atoms with Gasteiger partial charge in [0.05, 0.1) is 17.3 Å². The number of ether oxygens (including phenoxy) is 2. The number of aromatic hydroxyl groups is 1. The number of hydrogen-bond acceptors (Lipinski definition) is 9. The van der Waals surface area contributed by atoms with Crippen molar-refractivity contribution >= 4 is 39.9 Å². The van der Waals surface area contributed by atoms with Gasteiger partial charge in [0.1, 0.15) is 35.3 Å². The average molecular weight is 597 g/mol. The molecule has 218 valence electrons. The van der Waals surface area contributed by atoms with E-state index >= 15 is 0 Å². The number of benzene rings is 3. The molecule has 0 radical (unpaired) electrons. The van der Waals surface area contributed by atoms with Gasteiger partial charge < -0.3 is 19.7 Å². The van der Waals surface area contributed by atoms with Crippen LogP contribution in [0.5, 0.6) is 11.5 Å². The zero-order chi connectivity index (χ0) is 30.7. The Labute approximate surface area is 252 Å². The van der Waals surface area contributed by atoms with Crippen LogP contribution in [-0.2, 0) is 20.9 Å². The first kappa shape index (κ1) is 29.3. The number of ketones is 1. The van der Waals surface area contributed by atoms with Crippen LogP contribution in [0.1, 0.15) is 43.7 Å². The number of esters is 1. The van der Waals surface area contributed by atoms with Crippen molar-refractivity contribution in [1.82, 2.24) is 4.98 Å². The molecule has 1 aliphatic heterocycles. The van der Waals surface area contributed by atoms with Crippen molar-refractivity contribution in [3.05, 3.63) is 124 Å². The fourth-order valence-electron chi connectivity index (χ4n) is 4.71. The van der Waals surface area contributed by atoms with Gasteiger partial charge in [0, 0.05) is 5.56 Å². The summed E-state index contributed by atoms with van der Waals surface area (Å²) in [5.74, 6) is -2.46. The summed E-state index contributed by atoms with van der Waals surface area (Å²) in [6.07, 6.45) is 1.43. The maximum absolute atomic E-state index is 13.5. The van der Waals surface area contributed by atoms with Crippen LogP contribution in [0.25, 0.3) is 5.76 Å². The van der Waals surface area contributed by atoms with Gasteiger partial charge in [-0.15, -0.1) is 0 Å². The van der Waals surface area contributed by atoms with Gasteiger partial charge in [0.15, 0.2) is 5.13 Å². The Kier molecular flexibility index (Phi) is 8.40. The smallest absolute Gasteiger partial charge is 0.350 e. The number of aliphatic hydroxyl groups excluding tert-OH is 1. The number of amides is 1. The molecule has 0 aliphatic carbocycles. The second kappa shape index (κ2) is 12.3. The molecule has 10 heteroatoms. The van der Waals surface area contributed by atoms with E-state index in [0.29, 0.717) is 23.6 Å². The molecule has 1 saturated heterocycles. The number of aliphatic hydroxyl groups is 1. The Morgan fingerprint density at radius 1 is 1.07 bits per heavy atom. The van der Waals surface area contributed by atoms with E-state index in [-0.39, 0.29) is 33.5 Å². The van der Waals surface area contributed by atoms with Crippen LogP contribution >= 0.6 is 11.3 Å². The van der Waals surface area contributed by atoms with E-state index in [1.54, 1.807) is 43.3 Å². The van der Waals surface area contributed by atoms with Crippen LogP contribution in [0.4, 0.5) is 5.13 Å². The van der Waals surface area contributed by atoms with Crippen LogP contribution in [-0.4, -0.2) is 39.5 Å². The molecule has 1 aromatic heterocycles. The third-order valence-electron chi connectivity index (χ3n) is 6.92. The summed E-state index contributed by atoms with van der Waals surface area (Å²) in [4.78, 5) is 45.2. The molecule has 0 bridgehead atoms. The SMILES string of the molecule is C=CCOC(=O)c1sc(N2C(=O)C(=O)/C(=C(/O)c3ccc(OCc4ccccc4C)cc3)C2c2cccc(O)c2)nc1C. The molecule has 1 fully saturated rings. The molecule has 9 nitrogen and oxygen atoms in total. The highest BCUT2D eigenvalue weighted by molar-refractivity contribution is 7.17.